The van der Waals surface area contributed by atoms with E-state index in [1.807, 2.05) is 18.2 Å². The molecular formula is C22H26ClN5O2. The number of halogens is 1. The van der Waals surface area contributed by atoms with Crippen LogP contribution in [-0.4, -0.2) is 50.2 Å². The highest BCUT2D eigenvalue weighted by molar-refractivity contribution is 6.29. The Morgan fingerprint density at radius 2 is 1.90 bits per heavy atom. The van der Waals surface area contributed by atoms with Crippen molar-refractivity contribution in [2.75, 3.05) is 24.5 Å². The summed E-state index contributed by atoms with van der Waals surface area (Å²) < 4.78 is 1.50. The number of piperazine rings is 1. The van der Waals surface area contributed by atoms with Crippen LogP contribution in [0, 0.1) is 0 Å². The van der Waals surface area contributed by atoms with Gasteiger partial charge in [0.2, 0.25) is 0 Å². The highest BCUT2D eigenvalue weighted by Gasteiger charge is 2.30. The van der Waals surface area contributed by atoms with Crippen LogP contribution in [0.15, 0.2) is 41.2 Å². The van der Waals surface area contributed by atoms with Gasteiger partial charge in [0.1, 0.15) is 10.7 Å². The fraction of sp³-hybridized carbons (Fsp3) is 0.409. The molecule has 0 spiro atoms. The van der Waals surface area contributed by atoms with Crippen LogP contribution in [0.4, 0.5) is 5.82 Å². The molecular weight excluding hydrogens is 402 g/mol. The molecule has 0 bridgehead atoms. The van der Waals surface area contributed by atoms with Gasteiger partial charge in [0.05, 0.1) is 12.1 Å². The number of benzene rings is 1. The quantitative estimate of drug-likeness (QED) is 0.645. The molecule has 2 atom stereocenters. The van der Waals surface area contributed by atoms with Crippen molar-refractivity contribution >= 4 is 28.5 Å². The number of hydrogen-bond donors (Lipinski definition) is 1. The van der Waals surface area contributed by atoms with E-state index in [0.29, 0.717) is 16.5 Å². The standard InChI is InChI=1S/C22H26ClN5O2/c1-14-12-27(15(2)17-6-4-16(13-29)5-7-17)10-11-28(14)21-20-18(8-9-19(23)24-20)26(3)22(30)25-21/h4-9,14-15,29H,10-13H2,1-3H3. The molecule has 8 heteroatoms. The van der Waals surface area contributed by atoms with Gasteiger partial charge in [-0.2, -0.15) is 4.98 Å². The van der Waals surface area contributed by atoms with E-state index in [1.54, 1.807) is 13.1 Å². The van der Waals surface area contributed by atoms with Crippen molar-refractivity contribution in [2.24, 2.45) is 7.05 Å². The lowest BCUT2D eigenvalue weighted by Crippen LogP contribution is -2.53. The van der Waals surface area contributed by atoms with Crippen LogP contribution in [0.25, 0.3) is 11.0 Å². The Morgan fingerprint density at radius 1 is 1.17 bits per heavy atom. The summed E-state index contributed by atoms with van der Waals surface area (Å²) in [6.45, 7) is 6.81. The Kier molecular flexibility index (Phi) is 5.77. The molecule has 30 heavy (non-hydrogen) atoms. The Balaban J connectivity index is 1.60. The maximum absolute atomic E-state index is 12.4. The van der Waals surface area contributed by atoms with Crippen molar-refractivity contribution in [3.63, 3.8) is 0 Å². The average molecular weight is 428 g/mol. The van der Waals surface area contributed by atoms with Gasteiger partial charge in [0, 0.05) is 38.8 Å². The van der Waals surface area contributed by atoms with Crippen molar-refractivity contribution < 1.29 is 5.11 Å². The summed E-state index contributed by atoms with van der Waals surface area (Å²) in [6.07, 6.45) is 0. The Hall–Kier alpha value is -2.48. The molecule has 2 aromatic heterocycles. The van der Waals surface area contributed by atoms with Crippen LogP contribution in [0.1, 0.15) is 31.0 Å². The van der Waals surface area contributed by atoms with Crippen LogP contribution in [0.3, 0.4) is 0 Å². The minimum Gasteiger partial charge on any atom is -0.392 e. The smallest absolute Gasteiger partial charge is 0.349 e. The van der Waals surface area contributed by atoms with Crippen molar-refractivity contribution in [1.29, 1.82) is 0 Å². The van der Waals surface area contributed by atoms with Crippen LogP contribution in [-0.2, 0) is 13.7 Å². The van der Waals surface area contributed by atoms with Crippen LogP contribution >= 0.6 is 11.6 Å². The lowest BCUT2D eigenvalue weighted by molar-refractivity contribution is 0.175. The van der Waals surface area contributed by atoms with E-state index in [-0.39, 0.29) is 24.4 Å². The van der Waals surface area contributed by atoms with Gasteiger partial charge in [0.25, 0.3) is 0 Å². The lowest BCUT2D eigenvalue weighted by Gasteiger charge is -2.43. The third-order valence-corrected chi connectivity index (χ3v) is 6.24. The number of nitrogens with zero attached hydrogens (tertiary/aromatic N) is 5. The fourth-order valence-corrected chi connectivity index (χ4v) is 4.30. The number of anilines is 1. The third kappa shape index (κ3) is 3.80. The molecule has 1 aromatic carbocycles. The minimum atomic E-state index is -0.298. The molecule has 3 heterocycles. The van der Waals surface area contributed by atoms with E-state index >= 15 is 0 Å². The zero-order chi connectivity index (χ0) is 21.4. The molecule has 0 aliphatic carbocycles. The van der Waals surface area contributed by atoms with Gasteiger partial charge in [-0.3, -0.25) is 9.47 Å². The molecule has 0 saturated carbocycles. The van der Waals surface area contributed by atoms with E-state index in [4.69, 9.17) is 11.6 Å². The Morgan fingerprint density at radius 3 is 2.57 bits per heavy atom. The SMILES string of the molecule is CC(c1ccc(CO)cc1)N1CCN(c2nc(=O)n(C)c3ccc(Cl)nc23)C(C)C1. The summed E-state index contributed by atoms with van der Waals surface area (Å²) in [5.41, 5.74) is 3.21. The van der Waals surface area contributed by atoms with Crippen molar-refractivity contribution in [1.82, 2.24) is 19.4 Å². The maximum atomic E-state index is 12.4. The lowest BCUT2D eigenvalue weighted by atomic mass is 10.0. The van der Waals surface area contributed by atoms with Crippen LogP contribution in [0.5, 0.6) is 0 Å². The number of aryl methyl sites for hydroxylation is 1. The first-order chi connectivity index (χ1) is 14.4. The molecule has 158 valence electrons. The highest BCUT2D eigenvalue weighted by atomic mass is 35.5. The third-order valence-electron chi connectivity index (χ3n) is 6.02. The summed E-state index contributed by atoms with van der Waals surface area (Å²) in [5, 5.41) is 9.64. The topological polar surface area (TPSA) is 74.5 Å². The second kappa shape index (κ2) is 8.34. The maximum Gasteiger partial charge on any atom is 0.349 e. The van der Waals surface area contributed by atoms with Crippen LogP contribution < -0.4 is 10.6 Å². The largest absolute Gasteiger partial charge is 0.392 e. The average Bonchev–Trinajstić information content (AvgIpc) is 2.76. The van der Waals surface area contributed by atoms with E-state index in [9.17, 15) is 9.90 Å². The van der Waals surface area contributed by atoms with Crippen molar-refractivity contribution in [2.45, 2.75) is 32.5 Å². The summed E-state index contributed by atoms with van der Waals surface area (Å²) in [4.78, 5) is 25.8. The second-order valence-electron chi connectivity index (χ2n) is 7.89. The normalized spacial score (nSPS) is 18.7. The molecule has 1 N–H and O–H groups in total. The molecule has 4 rings (SSSR count). The molecule has 1 fully saturated rings. The summed E-state index contributed by atoms with van der Waals surface area (Å²) in [6, 6.07) is 12.0. The van der Waals surface area contributed by atoms with E-state index < -0.39 is 0 Å². The molecule has 7 nitrogen and oxygen atoms in total. The zero-order valence-corrected chi connectivity index (χ0v) is 18.2. The van der Waals surface area contributed by atoms with E-state index in [0.717, 1.165) is 30.7 Å². The summed E-state index contributed by atoms with van der Waals surface area (Å²) >= 11 is 6.14. The van der Waals surface area contributed by atoms with Gasteiger partial charge >= 0.3 is 5.69 Å². The Bertz CT molecular complexity index is 1110. The first-order valence-electron chi connectivity index (χ1n) is 10.1. The number of aliphatic hydroxyl groups excluding tert-OH is 1. The van der Waals surface area contributed by atoms with Gasteiger partial charge < -0.3 is 10.0 Å². The van der Waals surface area contributed by atoms with Gasteiger partial charge in [-0.05, 0) is 37.1 Å². The van der Waals surface area contributed by atoms with Gasteiger partial charge in [-0.1, -0.05) is 35.9 Å². The molecule has 2 unspecified atom stereocenters. The monoisotopic (exact) mass is 427 g/mol. The highest BCUT2D eigenvalue weighted by Crippen LogP contribution is 2.29. The van der Waals surface area contributed by atoms with Gasteiger partial charge in [-0.25, -0.2) is 9.78 Å². The van der Waals surface area contributed by atoms with E-state index in [2.05, 4.69) is 45.7 Å². The molecule has 3 aromatic rings. The second-order valence-corrected chi connectivity index (χ2v) is 8.28. The summed E-state index contributed by atoms with van der Waals surface area (Å²) in [5.74, 6) is 0.600. The van der Waals surface area contributed by atoms with Gasteiger partial charge in [0.15, 0.2) is 5.82 Å². The molecule has 0 radical (unpaired) electrons. The fourth-order valence-electron chi connectivity index (χ4n) is 4.15. The first kappa shape index (κ1) is 20.8. The number of hydrogen-bond acceptors (Lipinski definition) is 6. The molecule has 1 aliphatic rings. The molecule has 0 amide bonds. The van der Waals surface area contributed by atoms with E-state index in [1.165, 1.54) is 10.1 Å². The van der Waals surface area contributed by atoms with Crippen molar-refractivity contribution in [3.8, 4) is 0 Å². The predicted octanol–water partition coefficient (Wildman–Crippen LogP) is 2.75. The molecule has 1 saturated heterocycles. The number of rotatable bonds is 4. The summed E-state index contributed by atoms with van der Waals surface area (Å²) in [7, 11) is 1.70. The number of aliphatic hydroxyl groups is 1. The first-order valence-corrected chi connectivity index (χ1v) is 10.5. The van der Waals surface area contributed by atoms with Crippen LogP contribution in [0.2, 0.25) is 5.15 Å². The zero-order valence-electron chi connectivity index (χ0n) is 17.4. The van der Waals surface area contributed by atoms with Crippen molar-refractivity contribution in [3.05, 3.63) is 63.2 Å². The number of fused-ring (bicyclic) bond motifs is 1. The predicted molar refractivity (Wildman–Crippen MR) is 119 cm³/mol. The van der Waals surface area contributed by atoms with Gasteiger partial charge in [-0.15, -0.1) is 0 Å². The Labute approximate surface area is 180 Å². The number of pyridine rings is 1. The number of aromatic nitrogens is 3. The minimum absolute atomic E-state index is 0.0555. The molecule has 1 aliphatic heterocycles.